The fraction of sp³-hybridized carbons (Fsp3) is 0.476. The van der Waals surface area contributed by atoms with Crippen molar-refractivity contribution in [2.24, 2.45) is 5.92 Å². The third-order valence-corrected chi connectivity index (χ3v) is 4.67. The summed E-state index contributed by atoms with van der Waals surface area (Å²) in [5, 5.41) is 2.96. The van der Waals surface area contributed by atoms with Gasteiger partial charge >= 0.3 is 0 Å². The van der Waals surface area contributed by atoms with E-state index in [-0.39, 0.29) is 5.91 Å². The summed E-state index contributed by atoms with van der Waals surface area (Å²) in [5.74, 6) is 6.24. The molecule has 132 valence electrons. The quantitative estimate of drug-likeness (QED) is 0.853. The zero-order valence-corrected chi connectivity index (χ0v) is 14.4. The zero-order valence-electron chi connectivity index (χ0n) is 14.4. The van der Waals surface area contributed by atoms with Crippen LogP contribution in [0.3, 0.4) is 0 Å². The molecule has 2 aliphatic rings. The SMILES string of the molecule is O=C(NCC1CCCOC1)c1ccc(C#CC2=CCCCC2F)cc1. The molecule has 1 aromatic carbocycles. The van der Waals surface area contributed by atoms with Crippen molar-refractivity contribution in [2.75, 3.05) is 19.8 Å². The highest BCUT2D eigenvalue weighted by Gasteiger charge is 2.16. The molecule has 1 amide bonds. The Kier molecular flexibility index (Phi) is 6.25. The molecule has 0 radical (unpaired) electrons. The van der Waals surface area contributed by atoms with Gasteiger partial charge in [0.1, 0.15) is 6.17 Å². The maximum Gasteiger partial charge on any atom is 0.251 e. The fourth-order valence-electron chi connectivity index (χ4n) is 3.12. The van der Waals surface area contributed by atoms with Crippen LogP contribution in [0.25, 0.3) is 0 Å². The van der Waals surface area contributed by atoms with Crippen molar-refractivity contribution < 1.29 is 13.9 Å². The monoisotopic (exact) mass is 341 g/mol. The third kappa shape index (κ3) is 5.17. The molecule has 0 aromatic heterocycles. The Hall–Kier alpha value is -2.12. The van der Waals surface area contributed by atoms with Gasteiger partial charge in [-0.1, -0.05) is 17.9 Å². The van der Waals surface area contributed by atoms with Gasteiger partial charge < -0.3 is 10.1 Å². The van der Waals surface area contributed by atoms with E-state index in [0.29, 0.717) is 30.0 Å². The predicted octanol–water partition coefficient (Wildman–Crippen LogP) is 3.64. The lowest BCUT2D eigenvalue weighted by Crippen LogP contribution is -2.33. The van der Waals surface area contributed by atoms with Gasteiger partial charge in [-0.15, -0.1) is 0 Å². The van der Waals surface area contributed by atoms with Crippen LogP contribution in [0.5, 0.6) is 0 Å². The summed E-state index contributed by atoms with van der Waals surface area (Å²) in [6.45, 7) is 2.19. The Morgan fingerprint density at radius 3 is 2.76 bits per heavy atom. The molecule has 4 heteroatoms. The van der Waals surface area contributed by atoms with Gasteiger partial charge in [0, 0.05) is 29.9 Å². The number of carbonyl (C=O) groups excluding carboxylic acids is 1. The van der Waals surface area contributed by atoms with E-state index in [2.05, 4.69) is 17.2 Å². The Balaban J connectivity index is 1.54. The normalized spacial score (nSPS) is 23.2. The molecular weight excluding hydrogens is 317 g/mol. The molecule has 1 fully saturated rings. The topological polar surface area (TPSA) is 38.3 Å². The average molecular weight is 341 g/mol. The maximum absolute atomic E-state index is 13.7. The van der Waals surface area contributed by atoms with Gasteiger partial charge in [0.2, 0.25) is 0 Å². The Morgan fingerprint density at radius 2 is 2.04 bits per heavy atom. The molecule has 0 spiro atoms. The summed E-state index contributed by atoms with van der Waals surface area (Å²) in [6, 6.07) is 7.14. The first kappa shape index (κ1) is 17.7. The molecule has 1 N–H and O–H groups in total. The molecule has 1 aromatic rings. The number of nitrogens with one attached hydrogen (secondary N) is 1. The second-order valence-electron chi connectivity index (χ2n) is 6.68. The lowest BCUT2D eigenvalue weighted by atomic mass is 9.98. The van der Waals surface area contributed by atoms with E-state index >= 15 is 0 Å². The summed E-state index contributed by atoms with van der Waals surface area (Å²) in [7, 11) is 0. The van der Waals surface area contributed by atoms with E-state index in [1.54, 1.807) is 12.1 Å². The number of alkyl halides is 1. The predicted molar refractivity (Wildman–Crippen MR) is 96.0 cm³/mol. The second-order valence-corrected chi connectivity index (χ2v) is 6.68. The van der Waals surface area contributed by atoms with Crippen molar-refractivity contribution in [2.45, 2.75) is 38.3 Å². The number of halogens is 1. The van der Waals surface area contributed by atoms with Crippen molar-refractivity contribution in [3.63, 3.8) is 0 Å². The standard InChI is InChI=1S/C21H24FNO2/c22-20-6-2-1-5-18(20)10-7-16-8-11-19(12-9-16)21(24)23-14-17-4-3-13-25-15-17/h5,8-9,11-12,17,20H,1-4,6,13-15H2,(H,23,24). The van der Waals surface area contributed by atoms with E-state index in [1.807, 2.05) is 18.2 Å². The van der Waals surface area contributed by atoms with Gasteiger partial charge in [-0.25, -0.2) is 4.39 Å². The summed E-state index contributed by atoms with van der Waals surface area (Å²) in [5.41, 5.74) is 1.99. The van der Waals surface area contributed by atoms with Gasteiger partial charge in [0.05, 0.1) is 6.61 Å². The molecule has 0 bridgehead atoms. The van der Waals surface area contributed by atoms with Crippen LogP contribution in [-0.2, 0) is 4.74 Å². The van der Waals surface area contributed by atoms with Gasteiger partial charge in [-0.05, 0) is 62.3 Å². The number of benzene rings is 1. The van der Waals surface area contributed by atoms with Crippen LogP contribution >= 0.6 is 0 Å². The van der Waals surface area contributed by atoms with Crippen molar-refractivity contribution in [3.05, 3.63) is 47.0 Å². The molecule has 2 atom stereocenters. The number of carbonyl (C=O) groups is 1. The lowest BCUT2D eigenvalue weighted by Gasteiger charge is -2.22. The van der Waals surface area contributed by atoms with Gasteiger partial charge in [0.25, 0.3) is 5.91 Å². The van der Waals surface area contributed by atoms with Crippen LogP contribution in [0.4, 0.5) is 4.39 Å². The van der Waals surface area contributed by atoms with Crippen molar-refractivity contribution in [1.82, 2.24) is 5.32 Å². The number of ether oxygens (including phenoxy) is 1. The van der Waals surface area contributed by atoms with E-state index in [4.69, 9.17) is 4.74 Å². The summed E-state index contributed by atoms with van der Waals surface area (Å²) >= 11 is 0. The minimum Gasteiger partial charge on any atom is -0.381 e. The first-order valence-electron chi connectivity index (χ1n) is 9.04. The highest BCUT2D eigenvalue weighted by Crippen LogP contribution is 2.20. The summed E-state index contributed by atoms with van der Waals surface area (Å²) in [4.78, 5) is 12.2. The van der Waals surface area contributed by atoms with Crippen LogP contribution in [0.2, 0.25) is 0 Å². The zero-order chi connectivity index (χ0) is 17.5. The maximum atomic E-state index is 13.7. The number of amides is 1. The molecule has 1 saturated heterocycles. The van der Waals surface area contributed by atoms with Crippen molar-refractivity contribution in [1.29, 1.82) is 0 Å². The first-order valence-corrected chi connectivity index (χ1v) is 9.04. The van der Waals surface area contributed by atoms with E-state index in [9.17, 15) is 9.18 Å². The van der Waals surface area contributed by atoms with E-state index in [1.165, 1.54) is 0 Å². The van der Waals surface area contributed by atoms with Gasteiger partial charge in [0.15, 0.2) is 0 Å². The Labute approximate surface area is 148 Å². The second kappa shape index (κ2) is 8.82. The Bertz CT molecular complexity index is 678. The largest absolute Gasteiger partial charge is 0.381 e. The number of hydrogen-bond donors (Lipinski definition) is 1. The van der Waals surface area contributed by atoms with Crippen LogP contribution in [-0.4, -0.2) is 31.8 Å². The van der Waals surface area contributed by atoms with E-state index < -0.39 is 6.17 Å². The lowest BCUT2D eigenvalue weighted by molar-refractivity contribution is 0.0536. The highest BCUT2D eigenvalue weighted by atomic mass is 19.1. The first-order chi connectivity index (χ1) is 12.2. The summed E-state index contributed by atoms with van der Waals surface area (Å²) < 4.78 is 19.1. The van der Waals surface area contributed by atoms with Crippen LogP contribution < -0.4 is 5.32 Å². The Morgan fingerprint density at radius 1 is 1.20 bits per heavy atom. The summed E-state index contributed by atoms with van der Waals surface area (Å²) in [6.07, 6.45) is 5.46. The highest BCUT2D eigenvalue weighted by molar-refractivity contribution is 5.94. The number of allylic oxidation sites excluding steroid dienone is 2. The minimum absolute atomic E-state index is 0.0797. The molecule has 1 heterocycles. The molecule has 0 saturated carbocycles. The molecule has 2 unspecified atom stereocenters. The number of hydrogen-bond acceptors (Lipinski definition) is 2. The average Bonchev–Trinajstić information content (AvgIpc) is 2.67. The third-order valence-electron chi connectivity index (χ3n) is 4.67. The van der Waals surface area contributed by atoms with Crippen molar-refractivity contribution >= 4 is 5.91 Å². The molecule has 3 rings (SSSR count). The van der Waals surface area contributed by atoms with Crippen LogP contribution in [0.15, 0.2) is 35.9 Å². The molecule has 1 aliphatic heterocycles. The molecule has 3 nitrogen and oxygen atoms in total. The minimum atomic E-state index is -0.935. The molecule has 25 heavy (non-hydrogen) atoms. The van der Waals surface area contributed by atoms with Crippen LogP contribution in [0.1, 0.15) is 48.0 Å². The fourth-order valence-corrected chi connectivity index (χ4v) is 3.12. The van der Waals surface area contributed by atoms with E-state index in [0.717, 1.165) is 44.5 Å². The van der Waals surface area contributed by atoms with Crippen LogP contribution in [0, 0.1) is 17.8 Å². The van der Waals surface area contributed by atoms with Gasteiger partial charge in [-0.3, -0.25) is 4.79 Å². The smallest absolute Gasteiger partial charge is 0.251 e. The number of rotatable bonds is 3. The van der Waals surface area contributed by atoms with Gasteiger partial charge in [-0.2, -0.15) is 0 Å². The molecule has 1 aliphatic carbocycles. The molecular formula is C21H24FNO2. The van der Waals surface area contributed by atoms with Crippen molar-refractivity contribution in [3.8, 4) is 11.8 Å².